The molecule has 224 valence electrons. The minimum absolute atomic E-state index is 0.0111. The molecule has 8 atom stereocenters. The first-order chi connectivity index (χ1) is 19.5. The predicted molar refractivity (Wildman–Crippen MR) is 154 cm³/mol. The van der Waals surface area contributed by atoms with E-state index in [2.05, 4.69) is 25.2 Å². The molecule has 2 aliphatic heterocycles. The van der Waals surface area contributed by atoms with Gasteiger partial charge in [-0.25, -0.2) is 4.79 Å². The third kappa shape index (κ3) is 9.64. The summed E-state index contributed by atoms with van der Waals surface area (Å²) in [5.41, 5.74) is 0. The summed E-state index contributed by atoms with van der Waals surface area (Å²) in [5, 5.41) is 8.82. The summed E-state index contributed by atoms with van der Waals surface area (Å²) in [5.74, 6) is 0.257. The van der Waals surface area contributed by atoms with Gasteiger partial charge >= 0.3 is 5.97 Å². The van der Waals surface area contributed by atoms with Gasteiger partial charge in [0.2, 0.25) is 0 Å². The highest BCUT2D eigenvalue weighted by atomic mass is 16.7. The number of Topliss-reactive ketones (excluding diaryl/α,β-unsaturated/α-hetero) is 1. The molecule has 7 heteroatoms. The number of carboxylic acid groups (broad SMARTS) is 1. The summed E-state index contributed by atoms with van der Waals surface area (Å²) in [6.45, 7) is 3.72. The summed E-state index contributed by atoms with van der Waals surface area (Å²) in [6.07, 6.45) is 24.3. The zero-order valence-corrected chi connectivity index (χ0v) is 24.3. The number of carbonyl (C=O) groups is 2. The van der Waals surface area contributed by atoms with E-state index in [-0.39, 0.29) is 42.4 Å². The van der Waals surface area contributed by atoms with Gasteiger partial charge in [0.15, 0.2) is 12.6 Å². The summed E-state index contributed by atoms with van der Waals surface area (Å²) in [6, 6.07) is 0. The van der Waals surface area contributed by atoms with Gasteiger partial charge in [-0.3, -0.25) is 4.79 Å². The van der Waals surface area contributed by atoms with Crippen molar-refractivity contribution < 1.29 is 33.6 Å². The molecule has 1 N–H and O–H groups in total. The van der Waals surface area contributed by atoms with Crippen molar-refractivity contribution >= 4 is 11.8 Å². The highest BCUT2D eigenvalue weighted by Crippen LogP contribution is 2.40. The lowest BCUT2D eigenvalue weighted by atomic mass is 9.88. The van der Waals surface area contributed by atoms with Gasteiger partial charge in [-0.15, -0.1) is 0 Å². The summed E-state index contributed by atoms with van der Waals surface area (Å²) in [4.78, 5) is 24.1. The Morgan fingerprint density at radius 2 is 1.80 bits per heavy atom. The molecule has 0 aromatic carbocycles. The van der Waals surface area contributed by atoms with Gasteiger partial charge < -0.3 is 24.1 Å². The molecule has 7 nitrogen and oxygen atoms in total. The van der Waals surface area contributed by atoms with Crippen LogP contribution in [0.15, 0.2) is 36.5 Å². The average Bonchev–Trinajstić information content (AvgIpc) is 3.53. The van der Waals surface area contributed by atoms with Crippen LogP contribution in [0.1, 0.15) is 96.8 Å². The molecule has 40 heavy (non-hydrogen) atoms. The number of ketones is 1. The van der Waals surface area contributed by atoms with Crippen LogP contribution in [0.2, 0.25) is 0 Å². The standard InChI is InChI=1S/C33H50O7/c1-2-11-24-16-17-25(22-24)29(39-32-14-7-9-20-37-32)19-18-26-27(12-5-3-4-6-13-31(35)36)30(23-28(26)34)40-33-15-8-10-21-38-33/h3,5-6,13,18-19,24-27,29-30,32-33H,2,4,7-12,14-17,20-23H2,1H3,(H,35,36)/b5-3-,13-6+,19-18+/t24?,25?,26-,27-,29-,30+,32?,33?/m1/s1. The molecule has 2 saturated carbocycles. The first-order valence-electron chi connectivity index (χ1n) is 15.8. The second kappa shape index (κ2) is 16.6. The van der Waals surface area contributed by atoms with Crippen LogP contribution in [0.3, 0.4) is 0 Å². The highest BCUT2D eigenvalue weighted by Gasteiger charge is 2.43. The topological polar surface area (TPSA) is 91.3 Å². The average molecular weight is 559 g/mol. The van der Waals surface area contributed by atoms with Gasteiger partial charge in [0.1, 0.15) is 5.78 Å². The van der Waals surface area contributed by atoms with Crippen LogP contribution in [-0.2, 0) is 28.5 Å². The van der Waals surface area contributed by atoms with Crippen LogP contribution in [0.4, 0.5) is 0 Å². The lowest BCUT2D eigenvalue weighted by molar-refractivity contribution is -0.195. The summed E-state index contributed by atoms with van der Waals surface area (Å²) < 4.78 is 24.8. The molecule has 0 spiro atoms. The minimum atomic E-state index is -0.945. The van der Waals surface area contributed by atoms with Crippen LogP contribution in [0.5, 0.6) is 0 Å². The van der Waals surface area contributed by atoms with Crippen molar-refractivity contribution in [1.82, 2.24) is 0 Å². The molecule has 2 heterocycles. The van der Waals surface area contributed by atoms with Gasteiger partial charge in [0, 0.05) is 37.5 Å². The van der Waals surface area contributed by atoms with Crippen LogP contribution < -0.4 is 0 Å². The van der Waals surface area contributed by atoms with Crippen molar-refractivity contribution in [1.29, 1.82) is 0 Å². The maximum Gasteiger partial charge on any atom is 0.327 e. The fourth-order valence-corrected chi connectivity index (χ4v) is 6.88. The molecule has 0 aromatic heterocycles. The SMILES string of the molecule is CCCC1CCC([C@@H](/C=C/[C@H]2C(=O)C[C@H](OC3CCCCO3)[C@@H]2C/C=C\C/C=C/C(=O)O)OC2CCCCO2)C1. The van der Waals surface area contributed by atoms with Crippen LogP contribution >= 0.6 is 0 Å². The van der Waals surface area contributed by atoms with Crippen molar-refractivity contribution in [3.05, 3.63) is 36.5 Å². The van der Waals surface area contributed by atoms with E-state index in [1.807, 2.05) is 6.08 Å². The molecule has 0 radical (unpaired) electrons. The monoisotopic (exact) mass is 558 g/mol. The van der Waals surface area contributed by atoms with Crippen molar-refractivity contribution in [2.45, 2.75) is 122 Å². The van der Waals surface area contributed by atoms with Gasteiger partial charge in [0.25, 0.3) is 0 Å². The fraction of sp³-hybridized carbons (Fsp3) is 0.758. The van der Waals surface area contributed by atoms with E-state index >= 15 is 0 Å². The van der Waals surface area contributed by atoms with Gasteiger partial charge in [-0.1, -0.05) is 56.6 Å². The Bertz CT molecular complexity index is 868. The second-order valence-electron chi connectivity index (χ2n) is 12.0. The molecule has 4 rings (SSSR count). The lowest BCUT2D eigenvalue weighted by Crippen LogP contribution is -2.32. The van der Waals surface area contributed by atoms with E-state index < -0.39 is 5.97 Å². The number of aliphatic carboxylic acids is 1. The van der Waals surface area contributed by atoms with Crippen LogP contribution in [-0.4, -0.2) is 54.9 Å². The van der Waals surface area contributed by atoms with Gasteiger partial charge in [-0.05, 0) is 76.0 Å². The van der Waals surface area contributed by atoms with E-state index in [0.29, 0.717) is 31.8 Å². The number of hydrogen-bond acceptors (Lipinski definition) is 6. The molecular formula is C33H50O7. The highest BCUT2D eigenvalue weighted by molar-refractivity contribution is 5.86. The minimum Gasteiger partial charge on any atom is -0.478 e. The van der Waals surface area contributed by atoms with Crippen molar-refractivity contribution in [3.8, 4) is 0 Å². The Morgan fingerprint density at radius 1 is 1.02 bits per heavy atom. The number of hydrogen-bond donors (Lipinski definition) is 1. The second-order valence-corrected chi connectivity index (χ2v) is 12.0. The number of ether oxygens (including phenoxy) is 4. The van der Waals surface area contributed by atoms with E-state index in [1.54, 1.807) is 6.08 Å². The maximum absolute atomic E-state index is 13.4. The third-order valence-electron chi connectivity index (χ3n) is 8.98. The van der Waals surface area contributed by atoms with Crippen LogP contribution in [0, 0.1) is 23.7 Å². The van der Waals surface area contributed by atoms with E-state index in [4.69, 9.17) is 24.1 Å². The quantitative estimate of drug-likeness (QED) is 0.186. The molecular weight excluding hydrogens is 508 g/mol. The van der Waals surface area contributed by atoms with Gasteiger partial charge in [-0.2, -0.15) is 0 Å². The van der Waals surface area contributed by atoms with E-state index in [0.717, 1.165) is 63.5 Å². The molecule has 4 unspecified atom stereocenters. The van der Waals surface area contributed by atoms with Crippen molar-refractivity contribution in [3.63, 3.8) is 0 Å². The first-order valence-corrected chi connectivity index (χ1v) is 15.8. The Labute approximate surface area is 240 Å². The lowest BCUT2D eigenvalue weighted by Gasteiger charge is -2.30. The summed E-state index contributed by atoms with van der Waals surface area (Å²) in [7, 11) is 0. The molecule has 0 aromatic rings. The Morgan fingerprint density at radius 3 is 2.50 bits per heavy atom. The normalized spacial score (nSPS) is 34.4. The fourth-order valence-electron chi connectivity index (χ4n) is 6.88. The number of rotatable bonds is 14. The van der Waals surface area contributed by atoms with Crippen LogP contribution in [0.25, 0.3) is 0 Å². The van der Waals surface area contributed by atoms with Crippen molar-refractivity contribution in [2.75, 3.05) is 13.2 Å². The third-order valence-corrected chi connectivity index (χ3v) is 8.98. The number of allylic oxidation sites excluding steroid dienone is 4. The Balaban J connectivity index is 1.46. The molecule has 0 amide bonds. The first kappa shape index (κ1) is 31.1. The zero-order valence-electron chi connectivity index (χ0n) is 24.3. The Kier molecular flexibility index (Phi) is 12.9. The summed E-state index contributed by atoms with van der Waals surface area (Å²) >= 11 is 0. The molecule has 2 aliphatic carbocycles. The molecule has 4 aliphatic rings. The molecule has 4 fully saturated rings. The van der Waals surface area contributed by atoms with E-state index in [9.17, 15) is 9.59 Å². The zero-order chi connectivity index (χ0) is 28.2. The van der Waals surface area contributed by atoms with E-state index in [1.165, 1.54) is 25.7 Å². The maximum atomic E-state index is 13.4. The number of carboxylic acids is 1. The van der Waals surface area contributed by atoms with Crippen molar-refractivity contribution in [2.24, 2.45) is 23.7 Å². The largest absolute Gasteiger partial charge is 0.478 e. The number of carbonyl (C=O) groups excluding carboxylic acids is 1. The van der Waals surface area contributed by atoms with Gasteiger partial charge in [0.05, 0.1) is 12.2 Å². The smallest absolute Gasteiger partial charge is 0.327 e. The predicted octanol–water partition coefficient (Wildman–Crippen LogP) is 6.77. The molecule has 2 saturated heterocycles. The Hall–Kier alpha value is -1.80. The molecule has 0 bridgehead atoms.